The predicted molar refractivity (Wildman–Crippen MR) is 55.9 cm³/mol. The van der Waals surface area contributed by atoms with E-state index in [1.807, 2.05) is 0 Å². The molecule has 0 saturated carbocycles. The molecule has 0 aliphatic carbocycles. The molecule has 1 atom stereocenters. The van der Waals surface area contributed by atoms with E-state index in [0.717, 1.165) is 6.92 Å². The average Bonchev–Trinajstić information content (AvgIpc) is 2.33. The number of carboxylic acid groups (broad SMARTS) is 1. The number of carbonyl (C=O) groups excluding carboxylic acids is 4. The summed E-state index contributed by atoms with van der Waals surface area (Å²) in [6.07, 6.45) is -2.29. The highest BCUT2D eigenvalue weighted by Gasteiger charge is 2.22. The Morgan fingerprint density at radius 1 is 1.16 bits per heavy atom. The van der Waals surface area contributed by atoms with Crippen LogP contribution in [-0.4, -0.2) is 59.0 Å². The number of esters is 2. The highest BCUT2D eigenvalue weighted by molar-refractivity contribution is 6.35. The third-order valence-corrected chi connectivity index (χ3v) is 1.73. The Hall–Kier alpha value is -2.29. The number of ether oxygens (including phenoxy) is 2. The van der Waals surface area contributed by atoms with Crippen LogP contribution in [0.1, 0.15) is 13.3 Å². The minimum absolute atomic E-state index is 0.581. The summed E-state index contributed by atoms with van der Waals surface area (Å²) in [4.78, 5) is 53.3. The molecule has 0 aromatic rings. The summed E-state index contributed by atoms with van der Waals surface area (Å²) in [6, 6.07) is 0. The van der Waals surface area contributed by atoms with Gasteiger partial charge in [0.2, 0.25) is 5.78 Å². The molecule has 0 aromatic heterocycles. The first-order chi connectivity index (χ1) is 8.77. The van der Waals surface area contributed by atoms with Crippen molar-refractivity contribution in [3.8, 4) is 0 Å². The van der Waals surface area contributed by atoms with Crippen LogP contribution in [0.2, 0.25) is 0 Å². The van der Waals surface area contributed by atoms with Gasteiger partial charge in [0.15, 0.2) is 6.10 Å². The molecule has 0 amide bonds. The van der Waals surface area contributed by atoms with Crippen LogP contribution in [-0.2, 0) is 33.4 Å². The molecule has 0 aliphatic heterocycles. The highest BCUT2D eigenvalue weighted by atomic mass is 16.6. The van der Waals surface area contributed by atoms with Crippen molar-refractivity contribution >= 4 is 29.5 Å². The largest absolute Gasteiger partial charge is 0.475 e. The monoisotopic (exact) mass is 276 g/mol. The van der Waals surface area contributed by atoms with Gasteiger partial charge >= 0.3 is 17.9 Å². The molecule has 0 spiro atoms. The molecule has 0 aromatic carbocycles. The Morgan fingerprint density at radius 2 is 1.74 bits per heavy atom. The zero-order valence-corrected chi connectivity index (χ0v) is 9.95. The molecule has 9 heteroatoms. The second kappa shape index (κ2) is 7.93. The van der Waals surface area contributed by atoms with Gasteiger partial charge in [-0.25, -0.2) is 9.59 Å². The number of aliphatic carboxylic acids is 1. The van der Waals surface area contributed by atoms with E-state index in [9.17, 15) is 24.0 Å². The molecule has 2 N–H and O–H groups in total. The molecule has 0 bridgehead atoms. The van der Waals surface area contributed by atoms with E-state index in [1.165, 1.54) is 0 Å². The minimum atomic E-state index is -1.79. The molecule has 0 aliphatic rings. The van der Waals surface area contributed by atoms with Crippen molar-refractivity contribution in [2.45, 2.75) is 19.4 Å². The SMILES string of the molecule is CC(=O)C(=O)OCC(CO)OC(=O)CC(=O)C(=O)O. The highest BCUT2D eigenvalue weighted by Crippen LogP contribution is 1.98. The number of carboxylic acids is 1. The summed E-state index contributed by atoms with van der Waals surface area (Å²) in [5.41, 5.74) is 0. The summed E-state index contributed by atoms with van der Waals surface area (Å²) in [5.74, 6) is -6.39. The van der Waals surface area contributed by atoms with Crippen molar-refractivity contribution in [3.63, 3.8) is 0 Å². The van der Waals surface area contributed by atoms with E-state index in [0.29, 0.717) is 0 Å². The fourth-order valence-corrected chi connectivity index (χ4v) is 0.829. The van der Waals surface area contributed by atoms with E-state index in [2.05, 4.69) is 9.47 Å². The van der Waals surface area contributed by atoms with Crippen LogP contribution < -0.4 is 0 Å². The first-order valence-corrected chi connectivity index (χ1v) is 5.02. The number of rotatable bonds is 8. The smallest absolute Gasteiger partial charge is 0.374 e. The van der Waals surface area contributed by atoms with Crippen LogP contribution in [0, 0.1) is 0 Å². The Kier molecular flexibility index (Phi) is 6.97. The number of ketones is 2. The molecule has 9 nitrogen and oxygen atoms in total. The minimum Gasteiger partial charge on any atom is -0.475 e. The Labute approximate surface area is 107 Å². The average molecular weight is 276 g/mol. The van der Waals surface area contributed by atoms with Gasteiger partial charge in [0.1, 0.15) is 13.0 Å². The molecule has 0 radical (unpaired) electrons. The van der Waals surface area contributed by atoms with E-state index < -0.39 is 55.2 Å². The van der Waals surface area contributed by atoms with Gasteiger partial charge in [-0.1, -0.05) is 0 Å². The van der Waals surface area contributed by atoms with Crippen molar-refractivity contribution in [1.29, 1.82) is 0 Å². The standard InChI is InChI=1S/C10H12O9/c1-5(12)10(17)18-4-6(3-11)19-8(14)2-7(13)9(15)16/h6,11H,2-4H2,1H3,(H,15,16). The molecular formula is C10H12O9. The van der Waals surface area contributed by atoms with Crippen molar-refractivity contribution in [2.75, 3.05) is 13.2 Å². The van der Waals surface area contributed by atoms with Crippen molar-refractivity contribution in [1.82, 2.24) is 0 Å². The van der Waals surface area contributed by atoms with Gasteiger partial charge in [-0.2, -0.15) is 0 Å². The van der Waals surface area contributed by atoms with Crippen LogP contribution in [0.4, 0.5) is 0 Å². The van der Waals surface area contributed by atoms with Crippen LogP contribution in [0.25, 0.3) is 0 Å². The second-order valence-electron chi connectivity index (χ2n) is 3.35. The first kappa shape index (κ1) is 16.7. The summed E-state index contributed by atoms with van der Waals surface area (Å²) in [7, 11) is 0. The van der Waals surface area contributed by atoms with Crippen LogP contribution in [0.15, 0.2) is 0 Å². The maximum absolute atomic E-state index is 11.1. The van der Waals surface area contributed by atoms with Gasteiger partial charge in [0, 0.05) is 6.92 Å². The Balaban J connectivity index is 4.22. The zero-order chi connectivity index (χ0) is 15.0. The fourth-order valence-electron chi connectivity index (χ4n) is 0.829. The van der Waals surface area contributed by atoms with Crippen molar-refractivity contribution in [3.05, 3.63) is 0 Å². The molecule has 0 saturated heterocycles. The van der Waals surface area contributed by atoms with E-state index in [1.54, 1.807) is 0 Å². The number of hydrogen-bond donors (Lipinski definition) is 2. The Bertz CT molecular complexity index is 398. The lowest BCUT2D eigenvalue weighted by atomic mass is 10.3. The summed E-state index contributed by atoms with van der Waals surface area (Å²) < 4.78 is 8.87. The molecule has 0 fully saturated rings. The van der Waals surface area contributed by atoms with Gasteiger partial charge in [-0.3, -0.25) is 14.4 Å². The third kappa shape index (κ3) is 6.88. The van der Waals surface area contributed by atoms with Gasteiger partial charge in [-0.15, -0.1) is 0 Å². The maximum atomic E-state index is 11.1. The topological polar surface area (TPSA) is 144 Å². The van der Waals surface area contributed by atoms with E-state index in [-0.39, 0.29) is 0 Å². The first-order valence-electron chi connectivity index (χ1n) is 5.02. The number of Topliss-reactive ketones (excluding diaryl/α,β-unsaturated/α-hetero) is 2. The van der Waals surface area contributed by atoms with Gasteiger partial charge < -0.3 is 19.7 Å². The van der Waals surface area contributed by atoms with E-state index in [4.69, 9.17) is 10.2 Å². The normalized spacial score (nSPS) is 11.3. The molecular weight excluding hydrogens is 264 g/mol. The lowest BCUT2D eigenvalue weighted by Gasteiger charge is -2.14. The second-order valence-corrected chi connectivity index (χ2v) is 3.35. The van der Waals surface area contributed by atoms with Gasteiger partial charge in [-0.05, 0) is 0 Å². The molecule has 106 valence electrons. The maximum Gasteiger partial charge on any atom is 0.374 e. The van der Waals surface area contributed by atoms with Gasteiger partial charge in [0.25, 0.3) is 5.78 Å². The molecule has 19 heavy (non-hydrogen) atoms. The van der Waals surface area contributed by atoms with Gasteiger partial charge in [0.05, 0.1) is 6.61 Å². The van der Waals surface area contributed by atoms with E-state index >= 15 is 0 Å². The number of hydrogen-bond acceptors (Lipinski definition) is 8. The Morgan fingerprint density at radius 3 is 2.16 bits per heavy atom. The summed E-state index contributed by atoms with van der Waals surface area (Å²) in [6.45, 7) is -0.339. The summed E-state index contributed by atoms with van der Waals surface area (Å²) in [5, 5.41) is 17.1. The van der Waals surface area contributed by atoms with Crippen molar-refractivity contribution in [2.24, 2.45) is 0 Å². The third-order valence-electron chi connectivity index (χ3n) is 1.73. The number of aliphatic hydroxyl groups excluding tert-OH is 1. The van der Waals surface area contributed by atoms with Crippen LogP contribution >= 0.6 is 0 Å². The van der Waals surface area contributed by atoms with Crippen molar-refractivity contribution < 1.29 is 43.7 Å². The molecule has 1 unspecified atom stereocenters. The molecule has 0 rings (SSSR count). The number of aliphatic hydroxyl groups is 1. The van der Waals surface area contributed by atoms with Crippen LogP contribution in [0.3, 0.4) is 0 Å². The lowest BCUT2D eigenvalue weighted by Crippen LogP contribution is -2.31. The fraction of sp³-hybridized carbons (Fsp3) is 0.500. The lowest BCUT2D eigenvalue weighted by molar-refractivity contribution is -0.165. The quantitative estimate of drug-likeness (QED) is 0.294. The summed E-state index contributed by atoms with van der Waals surface area (Å²) >= 11 is 0. The van der Waals surface area contributed by atoms with Crippen LogP contribution in [0.5, 0.6) is 0 Å². The number of carbonyl (C=O) groups is 5. The predicted octanol–water partition coefficient (Wildman–Crippen LogP) is -1.93. The molecule has 0 heterocycles. The zero-order valence-electron chi connectivity index (χ0n) is 9.95.